The lowest BCUT2D eigenvalue weighted by Gasteiger charge is -2.28. The summed E-state index contributed by atoms with van der Waals surface area (Å²) < 4.78 is 6.11. The Kier molecular flexibility index (Phi) is 3.68. The molecule has 3 nitrogen and oxygen atoms in total. The maximum atomic E-state index is 6.11. The van der Waals surface area contributed by atoms with Crippen molar-refractivity contribution < 1.29 is 4.74 Å². The lowest BCUT2D eigenvalue weighted by molar-refractivity contribution is -0.0724. The van der Waals surface area contributed by atoms with Gasteiger partial charge in [0.25, 0.3) is 0 Å². The summed E-state index contributed by atoms with van der Waals surface area (Å²) in [7, 11) is 0. The Labute approximate surface area is 112 Å². The Morgan fingerprint density at radius 3 is 2.50 bits per heavy atom. The highest BCUT2D eigenvalue weighted by Crippen LogP contribution is 2.32. The number of nitrogens with two attached hydrogens (primary N) is 1. The van der Waals surface area contributed by atoms with Crippen molar-refractivity contribution >= 4 is 16.5 Å². The van der Waals surface area contributed by atoms with E-state index in [0.717, 1.165) is 11.3 Å². The minimum absolute atomic E-state index is 0.0177. The normalized spacial score (nSPS) is 13.5. The van der Waals surface area contributed by atoms with E-state index in [9.17, 15) is 0 Å². The fourth-order valence-corrected chi connectivity index (χ4v) is 2.58. The average molecular weight is 262 g/mol. The average Bonchev–Trinajstić information content (AvgIpc) is 2.77. The molecule has 0 amide bonds. The zero-order valence-corrected chi connectivity index (χ0v) is 11.7. The van der Waals surface area contributed by atoms with E-state index in [1.165, 1.54) is 11.3 Å². The number of benzene rings is 1. The molecule has 0 bridgehead atoms. The molecule has 1 atom stereocenters. The van der Waals surface area contributed by atoms with Gasteiger partial charge in [0.05, 0.1) is 11.8 Å². The number of nitrogens with zero attached hydrogens (tertiary/aromatic N) is 1. The zero-order chi connectivity index (χ0) is 13.2. The SMILES string of the molecule is C[C@@H](OC(C)(C)c1csc(N)n1)c1ccccc1. The summed E-state index contributed by atoms with van der Waals surface area (Å²) in [6, 6.07) is 10.2. The summed E-state index contributed by atoms with van der Waals surface area (Å²) in [6.45, 7) is 6.08. The number of aromatic nitrogens is 1. The van der Waals surface area contributed by atoms with Gasteiger partial charge in [-0.3, -0.25) is 0 Å². The molecule has 1 heterocycles. The van der Waals surface area contributed by atoms with Gasteiger partial charge in [0.15, 0.2) is 5.13 Å². The van der Waals surface area contributed by atoms with Crippen LogP contribution in [-0.2, 0) is 10.3 Å². The number of anilines is 1. The monoisotopic (exact) mass is 262 g/mol. The number of thiazole rings is 1. The molecule has 1 aromatic carbocycles. The maximum Gasteiger partial charge on any atom is 0.180 e. The molecule has 0 aliphatic heterocycles. The Balaban J connectivity index is 2.13. The molecular weight excluding hydrogens is 244 g/mol. The summed E-state index contributed by atoms with van der Waals surface area (Å²) in [5, 5.41) is 2.53. The highest BCUT2D eigenvalue weighted by atomic mass is 32.1. The van der Waals surface area contributed by atoms with Crippen LogP contribution >= 0.6 is 11.3 Å². The van der Waals surface area contributed by atoms with E-state index in [4.69, 9.17) is 10.5 Å². The first-order valence-corrected chi connectivity index (χ1v) is 6.81. The Hall–Kier alpha value is -1.39. The van der Waals surface area contributed by atoms with Crippen molar-refractivity contribution in [1.29, 1.82) is 0 Å². The summed E-state index contributed by atoms with van der Waals surface area (Å²) in [4.78, 5) is 4.30. The number of hydrogen-bond donors (Lipinski definition) is 1. The van der Waals surface area contributed by atoms with E-state index in [1.54, 1.807) is 0 Å². The first kappa shape index (κ1) is 13.1. The summed E-state index contributed by atoms with van der Waals surface area (Å²) in [6.07, 6.45) is 0.0177. The third kappa shape index (κ3) is 2.89. The predicted octanol–water partition coefficient (Wildman–Crippen LogP) is 3.74. The van der Waals surface area contributed by atoms with E-state index in [0.29, 0.717) is 5.13 Å². The quantitative estimate of drug-likeness (QED) is 0.913. The molecule has 0 radical (unpaired) electrons. The molecule has 0 unspecified atom stereocenters. The van der Waals surface area contributed by atoms with Gasteiger partial charge in [-0.1, -0.05) is 30.3 Å². The largest absolute Gasteiger partial charge is 0.375 e. The number of nitrogen functional groups attached to an aromatic ring is 1. The van der Waals surface area contributed by atoms with Gasteiger partial charge in [-0.2, -0.15) is 0 Å². The fraction of sp³-hybridized carbons (Fsp3) is 0.357. The predicted molar refractivity (Wildman–Crippen MR) is 75.5 cm³/mol. The van der Waals surface area contributed by atoms with Gasteiger partial charge < -0.3 is 10.5 Å². The minimum atomic E-state index is -0.441. The molecule has 0 saturated heterocycles. The second-order valence-corrected chi connectivity index (χ2v) is 5.64. The van der Waals surface area contributed by atoms with Crippen molar-refractivity contribution in [2.75, 3.05) is 5.73 Å². The number of ether oxygens (including phenoxy) is 1. The topological polar surface area (TPSA) is 48.1 Å². The van der Waals surface area contributed by atoms with Crippen molar-refractivity contribution in [3.63, 3.8) is 0 Å². The van der Waals surface area contributed by atoms with Crippen molar-refractivity contribution in [2.45, 2.75) is 32.5 Å². The third-order valence-corrected chi connectivity index (χ3v) is 3.55. The van der Waals surface area contributed by atoms with E-state index in [2.05, 4.69) is 17.1 Å². The zero-order valence-electron chi connectivity index (χ0n) is 10.9. The summed E-state index contributed by atoms with van der Waals surface area (Å²) >= 11 is 1.44. The molecule has 0 saturated carbocycles. The second kappa shape index (κ2) is 5.08. The fourth-order valence-electron chi connectivity index (χ4n) is 1.86. The van der Waals surface area contributed by atoms with E-state index < -0.39 is 5.60 Å². The lowest BCUT2D eigenvalue weighted by Crippen LogP contribution is -2.24. The molecule has 1 aromatic heterocycles. The van der Waals surface area contributed by atoms with Crippen LogP contribution in [0.15, 0.2) is 35.7 Å². The van der Waals surface area contributed by atoms with Crippen LogP contribution in [-0.4, -0.2) is 4.98 Å². The molecule has 0 aliphatic rings. The van der Waals surface area contributed by atoms with Crippen molar-refractivity contribution in [2.24, 2.45) is 0 Å². The van der Waals surface area contributed by atoms with Crippen LogP contribution in [0.25, 0.3) is 0 Å². The van der Waals surface area contributed by atoms with Gasteiger partial charge in [0, 0.05) is 5.38 Å². The van der Waals surface area contributed by atoms with Crippen LogP contribution in [0.2, 0.25) is 0 Å². The van der Waals surface area contributed by atoms with Gasteiger partial charge in [-0.15, -0.1) is 11.3 Å². The summed E-state index contributed by atoms with van der Waals surface area (Å²) in [5.74, 6) is 0. The molecule has 0 fully saturated rings. The van der Waals surface area contributed by atoms with Gasteiger partial charge in [0.2, 0.25) is 0 Å². The van der Waals surface area contributed by atoms with Crippen LogP contribution in [0, 0.1) is 0 Å². The smallest absolute Gasteiger partial charge is 0.180 e. The van der Waals surface area contributed by atoms with Crippen LogP contribution < -0.4 is 5.73 Å². The van der Waals surface area contributed by atoms with Crippen LogP contribution in [0.4, 0.5) is 5.13 Å². The van der Waals surface area contributed by atoms with E-state index >= 15 is 0 Å². The Morgan fingerprint density at radius 2 is 1.94 bits per heavy atom. The van der Waals surface area contributed by atoms with Crippen molar-refractivity contribution in [1.82, 2.24) is 4.98 Å². The second-order valence-electron chi connectivity index (χ2n) is 4.75. The number of rotatable bonds is 4. The molecule has 0 aliphatic carbocycles. The Morgan fingerprint density at radius 1 is 1.28 bits per heavy atom. The van der Waals surface area contributed by atoms with Crippen LogP contribution in [0.1, 0.15) is 38.1 Å². The van der Waals surface area contributed by atoms with Crippen LogP contribution in [0.3, 0.4) is 0 Å². The molecule has 2 aromatic rings. The minimum Gasteiger partial charge on any atom is -0.375 e. The molecule has 0 spiro atoms. The first-order chi connectivity index (χ1) is 8.49. The van der Waals surface area contributed by atoms with E-state index in [-0.39, 0.29) is 6.10 Å². The van der Waals surface area contributed by atoms with Crippen molar-refractivity contribution in [3.05, 3.63) is 47.0 Å². The van der Waals surface area contributed by atoms with Gasteiger partial charge in [0.1, 0.15) is 5.60 Å². The standard InChI is InChI=1S/C14H18N2OS/c1-10(11-7-5-4-6-8-11)17-14(2,3)12-9-18-13(15)16-12/h4-10H,1-3H3,(H2,15,16)/t10-/m1/s1. The Bertz CT molecular complexity index is 508. The van der Waals surface area contributed by atoms with Crippen LogP contribution in [0.5, 0.6) is 0 Å². The summed E-state index contributed by atoms with van der Waals surface area (Å²) in [5.41, 5.74) is 7.27. The van der Waals surface area contributed by atoms with Crippen molar-refractivity contribution in [3.8, 4) is 0 Å². The molecule has 18 heavy (non-hydrogen) atoms. The molecular formula is C14H18N2OS. The third-order valence-electron chi connectivity index (χ3n) is 2.88. The molecule has 96 valence electrons. The highest BCUT2D eigenvalue weighted by Gasteiger charge is 2.27. The van der Waals surface area contributed by atoms with Gasteiger partial charge in [-0.05, 0) is 26.3 Å². The molecule has 2 N–H and O–H groups in total. The highest BCUT2D eigenvalue weighted by molar-refractivity contribution is 7.13. The lowest BCUT2D eigenvalue weighted by atomic mass is 10.0. The molecule has 2 rings (SSSR count). The van der Waals surface area contributed by atoms with Gasteiger partial charge >= 0.3 is 0 Å². The maximum absolute atomic E-state index is 6.11. The molecule has 4 heteroatoms. The number of hydrogen-bond acceptors (Lipinski definition) is 4. The first-order valence-electron chi connectivity index (χ1n) is 5.93. The van der Waals surface area contributed by atoms with Gasteiger partial charge in [-0.25, -0.2) is 4.98 Å². The van der Waals surface area contributed by atoms with E-state index in [1.807, 2.05) is 44.4 Å².